The molecule has 0 aromatic heterocycles. The van der Waals surface area contributed by atoms with Crippen molar-refractivity contribution < 1.29 is 19.4 Å². The van der Waals surface area contributed by atoms with E-state index in [-0.39, 0.29) is 13.2 Å². The first-order valence-electron chi connectivity index (χ1n) is 4.68. The number of carboxylic acids is 1. The Kier molecular flexibility index (Phi) is 3.69. The highest BCUT2D eigenvalue weighted by Crippen LogP contribution is 2.24. The van der Waals surface area contributed by atoms with Crippen molar-refractivity contribution in [2.45, 2.75) is 31.8 Å². The van der Waals surface area contributed by atoms with Crippen LogP contribution in [0.4, 0.5) is 0 Å². The molecule has 1 aliphatic rings. The zero-order valence-electron chi connectivity index (χ0n) is 8.82. The first kappa shape index (κ1) is 12.0. The van der Waals surface area contributed by atoms with E-state index in [4.69, 9.17) is 21.0 Å². The number of nitrogens with one attached hydrogen (secondary N) is 1. The molecular weight excluding hydrogens is 198 g/mol. The monoisotopic (exact) mass is 213 g/mol. The van der Waals surface area contributed by atoms with Crippen LogP contribution in [0.5, 0.6) is 0 Å². The second kappa shape index (κ2) is 4.62. The summed E-state index contributed by atoms with van der Waals surface area (Å²) in [5.74, 6) is 0.611. The lowest BCUT2D eigenvalue weighted by Crippen LogP contribution is -2.47. The van der Waals surface area contributed by atoms with Gasteiger partial charge in [0.2, 0.25) is 0 Å². The molecule has 0 aromatic rings. The van der Waals surface area contributed by atoms with Gasteiger partial charge in [0.1, 0.15) is 12.1 Å². The van der Waals surface area contributed by atoms with Gasteiger partial charge in [0.15, 0.2) is 5.79 Å². The van der Waals surface area contributed by atoms with E-state index in [1.165, 1.54) is 0 Å². The molecule has 0 saturated carbocycles. The molecule has 1 heterocycles. The predicted molar refractivity (Wildman–Crippen MR) is 53.2 cm³/mol. The van der Waals surface area contributed by atoms with Gasteiger partial charge in [0.05, 0.1) is 13.2 Å². The Morgan fingerprint density at radius 2 is 2.47 bits per heavy atom. The van der Waals surface area contributed by atoms with Crippen LogP contribution in [0.1, 0.15) is 13.8 Å². The van der Waals surface area contributed by atoms with Crippen molar-refractivity contribution in [3.8, 4) is 12.3 Å². The number of terminal acetylenes is 1. The van der Waals surface area contributed by atoms with Gasteiger partial charge < -0.3 is 14.6 Å². The minimum atomic E-state index is -0.989. The first-order valence-corrected chi connectivity index (χ1v) is 4.68. The van der Waals surface area contributed by atoms with Crippen LogP contribution >= 0.6 is 0 Å². The van der Waals surface area contributed by atoms with Crippen molar-refractivity contribution in [3.05, 3.63) is 0 Å². The fourth-order valence-electron chi connectivity index (χ4n) is 1.43. The lowest BCUT2D eigenvalue weighted by atomic mass is 10.1. The molecule has 1 aliphatic heterocycles. The summed E-state index contributed by atoms with van der Waals surface area (Å²) < 4.78 is 10.7. The highest BCUT2D eigenvalue weighted by Gasteiger charge is 2.40. The fraction of sp³-hybridized carbons (Fsp3) is 0.700. The maximum Gasteiger partial charge on any atom is 0.323 e. The summed E-state index contributed by atoms with van der Waals surface area (Å²) in [7, 11) is 0. The SMILES string of the molecule is C#CCN[C@@H](C(=O)O)[C@H]1COC(C)(C)O1. The summed E-state index contributed by atoms with van der Waals surface area (Å²) >= 11 is 0. The van der Waals surface area contributed by atoms with Gasteiger partial charge in [0, 0.05) is 0 Å². The molecule has 0 aromatic carbocycles. The predicted octanol–water partition coefficient (Wildman–Crippen LogP) is -0.186. The molecule has 2 N–H and O–H groups in total. The number of aliphatic carboxylic acids is 1. The Morgan fingerprint density at radius 3 is 2.87 bits per heavy atom. The molecule has 1 fully saturated rings. The van der Waals surface area contributed by atoms with Crippen molar-refractivity contribution >= 4 is 5.97 Å². The van der Waals surface area contributed by atoms with Crippen molar-refractivity contribution in [1.29, 1.82) is 0 Å². The molecule has 5 nitrogen and oxygen atoms in total. The van der Waals surface area contributed by atoms with Crippen LogP contribution in [0, 0.1) is 12.3 Å². The Labute approximate surface area is 88.7 Å². The number of carboxylic acid groups (broad SMARTS) is 1. The van der Waals surface area contributed by atoms with Crippen LogP contribution in [-0.4, -0.2) is 42.2 Å². The van der Waals surface area contributed by atoms with Gasteiger partial charge in [-0.05, 0) is 13.8 Å². The largest absolute Gasteiger partial charge is 0.480 e. The second-order valence-corrected chi connectivity index (χ2v) is 3.77. The van der Waals surface area contributed by atoms with Gasteiger partial charge in [0.25, 0.3) is 0 Å². The van der Waals surface area contributed by atoms with E-state index >= 15 is 0 Å². The molecular formula is C10H15NO4. The Morgan fingerprint density at radius 1 is 1.80 bits per heavy atom. The number of hydrogen-bond donors (Lipinski definition) is 2. The molecule has 84 valence electrons. The quantitative estimate of drug-likeness (QED) is 0.634. The zero-order chi connectivity index (χ0) is 11.5. The highest BCUT2D eigenvalue weighted by atomic mass is 16.7. The second-order valence-electron chi connectivity index (χ2n) is 3.77. The van der Waals surface area contributed by atoms with E-state index in [0.29, 0.717) is 0 Å². The Balaban J connectivity index is 2.58. The van der Waals surface area contributed by atoms with E-state index in [1.807, 2.05) is 0 Å². The average molecular weight is 213 g/mol. The van der Waals surface area contributed by atoms with Crippen LogP contribution in [0.3, 0.4) is 0 Å². The van der Waals surface area contributed by atoms with Crippen molar-refractivity contribution in [1.82, 2.24) is 5.32 Å². The summed E-state index contributed by atoms with van der Waals surface area (Å²) in [6.45, 7) is 3.93. The molecule has 0 aliphatic carbocycles. The molecule has 2 atom stereocenters. The van der Waals surface area contributed by atoms with Crippen LogP contribution < -0.4 is 5.32 Å². The zero-order valence-corrected chi connectivity index (χ0v) is 8.82. The van der Waals surface area contributed by atoms with E-state index in [9.17, 15) is 4.79 Å². The first-order chi connectivity index (χ1) is 6.96. The maximum atomic E-state index is 10.9. The summed E-state index contributed by atoms with van der Waals surface area (Å²) in [5.41, 5.74) is 0. The minimum absolute atomic E-state index is 0.192. The lowest BCUT2D eigenvalue weighted by molar-refractivity contribution is -0.154. The third-order valence-electron chi connectivity index (χ3n) is 2.09. The van der Waals surface area contributed by atoms with Gasteiger partial charge in [-0.1, -0.05) is 5.92 Å². The number of rotatable bonds is 4. The van der Waals surface area contributed by atoms with E-state index < -0.39 is 23.9 Å². The van der Waals surface area contributed by atoms with Crippen LogP contribution in [0.25, 0.3) is 0 Å². The number of ether oxygens (including phenoxy) is 2. The number of hydrogen-bond acceptors (Lipinski definition) is 4. The summed E-state index contributed by atoms with van der Waals surface area (Å²) in [6.07, 6.45) is 4.54. The molecule has 0 radical (unpaired) electrons. The van der Waals surface area contributed by atoms with E-state index in [1.54, 1.807) is 13.8 Å². The summed E-state index contributed by atoms with van der Waals surface area (Å²) in [5, 5.41) is 11.7. The normalized spacial score (nSPS) is 25.8. The maximum absolute atomic E-state index is 10.9. The van der Waals surface area contributed by atoms with Crippen LogP contribution in [0.2, 0.25) is 0 Å². The van der Waals surface area contributed by atoms with Gasteiger partial charge in [-0.2, -0.15) is 0 Å². The third kappa shape index (κ3) is 3.20. The molecule has 0 spiro atoms. The van der Waals surface area contributed by atoms with Crippen molar-refractivity contribution in [3.63, 3.8) is 0 Å². The van der Waals surface area contributed by atoms with Gasteiger partial charge in [-0.3, -0.25) is 10.1 Å². The molecule has 1 saturated heterocycles. The highest BCUT2D eigenvalue weighted by molar-refractivity contribution is 5.74. The van der Waals surface area contributed by atoms with E-state index in [2.05, 4.69) is 11.2 Å². The molecule has 15 heavy (non-hydrogen) atoms. The molecule has 0 unspecified atom stereocenters. The third-order valence-corrected chi connectivity index (χ3v) is 2.09. The Bertz CT molecular complexity index is 282. The molecule has 0 bridgehead atoms. The van der Waals surface area contributed by atoms with Crippen molar-refractivity contribution in [2.24, 2.45) is 0 Å². The topological polar surface area (TPSA) is 67.8 Å². The minimum Gasteiger partial charge on any atom is -0.480 e. The fourth-order valence-corrected chi connectivity index (χ4v) is 1.43. The van der Waals surface area contributed by atoms with Gasteiger partial charge in [-0.15, -0.1) is 6.42 Å². The molecule has 5 heteroatoms. The van der Waals surface area contributed by atoms with Gasteiger partial charge in [-0.25, -0.2) is 0 Å². The van der Waals surface area contributed by atoms with Crippen molar-refractivity contribution in [2.75, 3.05) is 13.2 Å². The van der Waals surface area contributed by atoms with Gasteiger partial charge >= 0.3 is 5.97 Å². The van der Waals surface area contributed by atoms with E-state index in [0.717, 1.165) is 0 Å². The van der Waals surface area contributed by atoms with Crippen LogP contribution in [-0.2, 0) is 14.3 Å². The summed E-state index contributed by atoms with van der Waals surface area (Å²) in [6, 6.07) is -0.831. The standard InChI is InChI=1S/C10H15NO4/c1-4-5-11-8(9(12)13)7-6-14-10(2,3)15-7/h1,7-8,11H,5-6H2,2-3H3,(H,12,13)/t7-,8-/m1/s1. The smallest absolute Gasteiger partial charge is 0.323 e. The molecule has 1 rings (SSSR count). The Hall–Kier alpha value is -1.09. The average Bonchev–Trinajstić information content (AvgIpc) is 2.46. The van der Waals surface area contributed by atoms with Crippen LogP contribution in [0.15, 0.2) is 0 Å². The number of carbonyl (C=O) groups is 1. The summed E-state index contributed by atoms with van der Waals surface area (Å²) in [4.78, 5) is 10.9. The molecule has 0 amide bonds. The lowest BCUT2D eigenvalue weighted by Gasteiger charge is -2.21.